The third kappa shape index (κ3) is 4.27. The molecule has 0 aromatic heterocycles. The van der Waals surface area contributed by atoms with Gasteiger partial charge in [0.1, 0.15) is 0 Å². The Morgan fingerprint density at radius 1 is 1.39 bits per heavy atom. The summed E-state index contributed by atoms with van der Waals surface area (Å²) in [6.45, 7) is 10.6. The zero-order valence-corrected chi connectivity index (χ0v) is 12.4. The van der Waals surface area contributed by atoms with E-state index in [0.29, 0.717) is 0 Å². The summed E-state index contributed by atoms with van der Waals surface area (Å²) in [6.07, 6.45) is 5.57. The van der Waals surface area contributed by atoms with Crippen molar-refractivity contribution >= 4 is 5.97 Å². The molecule has 0 aromatic carbocycles. The van der Waals surface area contributed by atoms with Crippen LogP contribution in [0.1, 0.15) is 59.8 Å². The Kier molecular flexibility index (Phi) is 5.64. The second-order valence-corrected chi connectivity index (χ2v) is 6.64. The average Bonchev–Trinajstić information content (AvgIpc) is 2.72. The zero-order valence-electron chi connectivity index (χ0n) is 12.4. The fourth-order valence-electron chi connectivity index (χ4n) is 2.87. The predicted octanol–water partition coefficient (Wildman–Crippen LogP) is 3.39. The van der Waals surface area contributed by atoms with Gasteiger partial charge in [-0.05, 0) is 58.5 Å². The average molecular weight is 255 g/mol. The van der Waals surface area contributed by atoms with Crippen molar-refractivity contribution in [2.24, 2.45) is 11.3 Å². The molecule has 1 rings (SSSR count). The Morgan fingerprint density at radius 3 is 2.61 bits per heavy atom. The minimum absolute atomic E-state index is 0.567. The van der Waals surface area contributed by atoms with Crippen LogP contribution in [0.3, 0.4) is 0 Å². The van der Waals surface area contributed by atoms with Gasteiger partial charge in [-0.2, -0.15) is 0 Å². The van der Waals surface area contributed by atoms with Gasteiger partial charge in [0.2, 0.25) is 0 Å². The van der Waals surface area contributed by atoms with Gasteiger partial charge in [-0.1, -0.05) is 20.3 Å². The summed E-state index contributed by atoms with van der Waals surface area (Å²) >= 11 is 0. The highest BCUT2D eigenvalue weighted by Gasteiger charge is 2.28. The highest BCUT2D eigenvalue weighted by molar-refractivity contribution is 5.73. The summed E-state index contributed by atoms with van der Waals surface area (Å²) in [5.74, 6) is 0.0618. The molecule has 1 heterocycles. The summed E-state index contributed by atoms with van der Waals surface area (Å²) in [6, 6.07) is 0.748. The van der Waals surface area contributed by atoms with E-state index in [4.69, 9.17) is 5.11 Å². The van der Waals surface area contributed by atoms with Gasteiger partial charge in [-0.3, -0.25) is 4.79 Å². The van der Waals surface area contributed by atoms with E-state index in [1.54, 1.807) is 0 Å². The number of hydrogen-bond acceptors (Lipinski definition) is 2. The van der Waals surface area contributed by atoms with Crippen molar-refractivity contribution in [2.75, 3.05) is 13.1 Å². The lowest BCUT2D eigenvalue weighted by molar-refractivity contribution is -0.147. The predicted molar refractivity (Wildman–Crippen MR) is 74.7 cm³/mol. The number of hydrogen-bond donors (Lipinski definition) is 1. The summed E-state index contributed by atoms with van der Waals surface area (Å²) in [4.78, 5) is 13.6. The first-order valence-electron chi connectivity index (χ1n) is 7.32. The second kappa shape index (κ2) is 6.55. The van der Waals surface area contributed by atoms with Gasteiger partial charge in [0.25, 0.3) is 0 Å². The molecule has 0 aromatic rings. The smallest absolute Gasteiger partial charge is 0.309 e. The minimum Gasteiger partial charge on any atom is -0.481 e. The van der Waals surface area contributed by atoms with Gasteiger partial charge in [0, 0.05) is 6.04 Å². The molecule has 0 spiro atoms. The van der Waals surface area contributed by atoms with E-state index in [-0.39, 0.29) is 0 Å². The molecule has 1 N–H and O–H groups in total. The van der Waals surface area contributed by atoms with Gasteiger partial charge < -0.3 is 10.0 Å². The molecule has 18 heavy (non-hydrogen) atoms. The van der Waals surface area contributed by atoms with Crippen molar-refractivity contribution in [3.63, 3.8) is 0 Å². The van der Waals surface area contributed by atoms with Crippen LogP contribution in [-0.4, -0.2) is 35.1 Å². The highest BCUT2D eigenvalue weighted by atomic mass is 16.4. The Labute approximate surface area is 112 Å². The number of rotatable bonds is 7. The van der Waals surface area contributed by atoms with Crippen LogP contribution < -0.4 is 0 Å². The molecule has 1 unspecified atom stereocenters. The molecule has 1 saturated heterocycles. The molecule has 0 aliphatic carbocycles. The molecule has 3 nitrogen and oxygen atoms in total. The van der Waals surface area contributed by atoms with Gasteiger partial charge in [0.05, 0.1) is 5.41 Å². The highest BCUT2D eigenvalue weighted by Crippen LogP contribution is 2.26. The summed E-state index contributed by atoms with van der Waals surface area (Å²) in [5, 5.41) is 9.06. The Balaban J connectivity index is 2.24. The van der Waals surface area contributed by atoms with Crippen molar-refractivity contribution in [1.29, 1.82) is 0 Å². The Hall–Kier alpha value is -0.570. The van der Waals surface area contributed by atoms with Crippen LogP contribution in [0.15, 0.2) is 0 Å². The lowest BCUT2D eigenvalue weighted by Crippen LogP contribution is -2.34. The van der Waals surface area contributed by atoms with Crippen LogP contribution in [0, 0.1) is 11.3 Å². The fourth-order valence-corrected chi connectivity index (χ4v) is 2.87. The van der Waals surface area contributed by atoms with E-state index >= 15 is 0 Å². The molecule has 0 saturated carbocycles. The Bertz CT molecular complexity index is 274. The SMILES string of the molecule is CC(C)C1CCCN1CCCCC(C)(C)C(=O)O. The number of carbonyl (C=O) groups is 1. The van der Waals surface area contributed by atoms with Gasteiger partial charge in [-0.25, -0.2) is 0 Å². The lowest BCUT2D eigenvalue weighted by atomic mass is 9.87. The maximum absolute atomic E-state index is 11.0. The van der Waals surface area contributed by atoms with E-state index in [9.17, 15) is 4.79 Å². The molecule has 1 atom stereocenters. The first kappa shape index (κ1) is 15.5. The first-order chi connectivity index (χ1) is 8.34. The van der Waals surface area contributed by atoms with E-state index < -0.39 is 11.4 Å². The van der Waals surface area contributed by atoms with Crippen LogP contribution in [-0.2, 0) is 4.79 Å². The van der Waals surface area contributed by atoms with Crippen LogP contribution in [0.25, 0.3) is 0 Å². The quantitative estimate of drug-likeness (QED) is 0.709. The normalized spacial score (nSPS) is 21.7. The molecule has 0 bridgehead atoms. The van der Waals surface area contributed by atoms with Crippen molar-refractivity contribution in [1.82, 2.24) is 4.90 Å². The summed E-state index contributed by atoms with van der Waals surface area (Å²) < 4.78 is 0. The summed E-state index contributed by atoms with van der Waals surface area (Å²) in [7, 11) is 0. The molecule has 106 valence electrons. The molecule has 0 radical (unpaired) electrons. The molecule has 1 aliphatic heterocycles. The number of unbranched alkanes of at least 4 members (excludes halogenated alkanes) is 1. The van der Waals surface area contributed by atoms with E-state index in [1.165, 1.54) is 19.4 Å². The largest absolute Gasteiger partial charge is 0.481 e. The van der Waals surface area contributed by atoms with Crippen LogP contribution in [0.2, 0.25) is 0 Å². The molecular weight excluding hydrogens is 226 g/mol. The van der Waals surface area contributed by atoms with E-state index in [0.717, 1.165) is 37.8 Å². The lowest BCUT2D eigenvalue weighted by Gasteiger charge is -2.28. The maximum Gasteiger partial charge on any atom is 0.309 e. The Morgan fingerprint density at radius 2 is 2.06 bits per heavy atom. The van der Waals surface area contributed by atoms with Crippen molar-refractivity contribution < 1.29 is 9.90 Å². The number of nitrogens with zero attached hydrogens (tertiary/aromatic N) is 1. The van der Waals surface area contributed by atoms with E-state index in [2.05, 4.69) is 18.7 Å². The first-order valence-corrected chi connectivity index (χ1v) is 7.32. The van der Waals surface area contributed by atoms with Crippen molar-refractivity contribution in [2.45, 2.75) is 65.8 Å². The van der Waals surface area contributed by atoms with Gasteiger partial charge >= 0.3 is 5.97 Å². The topological polar surface area (TPSA) is 40.5 Å². The molecule has 1 fully saturated rings. The standard InChI is InChI=1S/C15H29NO2/c1-12(2)13-8-7-11-16(13)10-6-5-9-15(3,4)14(17)18/h12-13H,5-11H2,1-4H3,(H,17,18). The number of carboxylic acids is 1. The summed E-state index contributed by atoms with van der Waals surface area (Å²) in [5.41, 5.74) is -0.567. The minimum atomic E-state index is -0.677. The van der Waals surface area contributed by atoms with Crippen LogP contribution >= 0.6 is 0 Å². The monoisotopic (exact) mass is 255 g/mol. The van der Waals surface area contributed by atoms with Gasteiger partial charge in [-0.15, -0.1) is 0 Å². The number of aliphatic carboxylic acids is 1. The van der Waals surface area contributed by atoms with Crippen molar-refractivity contribution in [3.05, 3.63) is 0 Å². The van der Waals surface area contributed by atoms with Gasteiger partial charge in [0.15, 0.2) is 0 Å². The third-order valence-corrected chi connectivity index (χ3v) is 4.26. The van der Waals surface area contributed by atoms with E-state index in [1.807, 2.05) is 13.8 Å². The van der Waals surface area contributed by atoms with Crippen molar-refractivity contribution in [3.8, 4) is 0 Å². The van der Waals surface area contributed by atoms with Crippen LogP contribution in [0.5, 0.6) is 0 Å². The molecule has 1 aliphatic rings. The fraction of sp³-hybridized carbons (Fsp3) is 0.933. The molecular formula is C15H29NO2. The number of carboxylic acid groups (broad SMARTS) is 1. The second-order valence-electron chi connectivity index (χ2n) is 6.64. The zero-order chi connectivity index (χ0) is 13.8. The van der Waals surface area contributed by atoms with Crippen LogP contribution in [0.4, 0.5) is 0 Å². The maximum atomic E-state index is 11.0. The molecule has 0 amide bonds. The third-order valence-electron chi connectivity index (χ3n) is 4.26. The molecule has 3 heteroatoms. The number of likely N-dealkylation sites (tertiary alicyclic amines) is 1.